The number of thiocarbonyl (C=S) groups is 1. The van der Waals surface area contributed by atoms with Crippen molar-refractivity contribution >= 4 is 63.6 Å². The van der Waals surface area contributed by atoms with Crippen molar-refractivity contribution in [2.24, 2.45) is 0 Å². The molecule has 0 saturated heterocycles. The first-order chi connectivity index (χ1) is 12.9. The third-order valence-electron chi connectivity index (χ3n) is 3.92. The Morgan fingerprint density at radius 2 is 1.78 bits per heavy atom. The monoisotopic (exact) mass is 438 g/mol. The second kappa shape index (κ2) is 8.93. The third kappa shape index (κ3) is 5.36. The van der Waals surface area contributed by atoms with E-state index in [9.17, 15) is 0 Å². The van der Waals surface area contributed by atoms with Crippen LogP contribution < -0.4 is 10.6 Å². The van der Waals surface area contributed by atoms with Crippen LogP contribution in [0.2, 0.25) is 15.1 Å². The number of anilines is 2. The van der Waals surface area contributed by atoms with Crippen molar-refractivity contribution in [3.05, 3.63) is 74.9 Å². The van der Waals surface area contributed by atoms with Crippen LogP contribution in [0.5, 0.6) is 0 Å². The smallest absolute Gasteiger partial charge is 0.176 e. The predicted molar refractivity (Wildman–Crippen MR) is 118 cm³/mol. The molecule has 0 aliphatic rings. The van der Waals surface area contributed by atoms with E-state index in [1.54, 1.807) is 23.0 Å². The summed E-state index contributed by atoms with van der Waals surface area (Å²) in [6.45, 7) is 2.58. The van der Waals surface area contributed by atoms with Gasteiger partial charge in [-0.25, -0.2) is 0 Å². The standard InChI is InChI=1S/C19H17Cl3N4S/c1-2-12-3-7-15(8-4-12)23-19(27)24-18-17(22)11-26(25-18)10-13-5-6-14(20)9-16(13)21/h3-9,11H,2,10H2,1H3,(H2,23,24,25,27). The fraction of sp³-hybridized carbons (Fsp3) is 0.158. The fourth-order valence-corrected chi connectivity index (χ4v) is 3.36. The zero-order chi connectivity index (χ0) is 19.4. The van der Waals surface area contributed by atoms with Gasteiger partial charge in [0.05, 0.1) is 6.54 Å². The van der Waals surface area contributed by atoms with Crippen LogP contribution in [0.15, 0.2) is 48.7 Å². The first-order valence-electron chi connectivity index (χ1n) is 8.28. The van der Waals surface area contributed by atoms with Gasteiger partial charge in [0.25, 0.3) is 0 Å². The summed E-state index contributed by atoms with van der Waals surface area (Å²) in [7, 11) is 0. The number of aromatic nitrogens is 2. The first kappa shape index (κ1) is 20.0. The molecule has 2 aromatic carbocycles. The molecule has 0 aliphatic carbocycles. The average Bonchev–Trinajstić information content (AvgIpc) is 2.97. The molecule has 0 radical (unpaired) electrons. The molecular formula is C19H17Cl3N4S. The number of benzene rings is 2. The molecule has 0 bridgehead atoms. The topological polar surface area (TPSA) is 41.9 Å². The number of aryl methyl sites for hydroxylation is 1. The van der Waals surface area contributed by atoms with Crippen molar-refractivity contribution in [1.82, 2.24) is 9.78 Å². The summed E-state index contributed by atoms with van der Waals surface area (Å²) in [5.74, 6) is 0.476. The zero-order valence-corrected chi connectivity index (χ0v) is 17.6. The Labute approximate surface area is 178 Å². The van der Waals surface area contributed by atoms with Crippen molar-refractivity contribution in [2.45, 2.75) is 19.9 Å². The van der Waals surface area contributed by atoms with E-state index in [4.69, 9.17) is 47.0 Å². The number of halogens is 3. The molecule has 3 rings (SSSR count). The highest BCUT2D eigenvalue weighted by atomic mass is 35.5. The van der Waals surface area contributed by atoms with Crippen LogP contribution >= 0.6 is 47.0 Å². The van der Waals surface area contributed by atoms with Gasteiger partial charge in [0, 0.05) is 21.9 Å². The zero-order valence-electron chi connectivity index (χ0n) is 14.5. The molecule has 1 heterocycles. The van der Waals surface area contributed by atoms with Gasteiger partial charge in [-0.2, -0.15) is 5.10 Å². The summed E-state index contributed by atoms with van der Waals surface area (Å²) in [5, 5.41) is 12.6. The second-order valence-electron chi connectivity index (χ2n) is 5.89. The molecule has 0 aliphatic heterocycles. The van der Waals surface area contributed by atoms with E-state index in [0.29, 0.717) is 32.5 Å². The highest BCUT2D eigenvalue weighted by Gasteiger charge is 2.10. The van der Waals surface area contributed by atoms with Crippen LogP contribution in [0.1, 0.15) is 18.1 Å². The molecule has 4 nitrogen and oxygen atoms in total. The molecule has 27 heavy (non-hydrogen) atoms. The average molecular weight is 440 g/mol. The lowest BCUT2D eigenvalue weighted by molar-refractivity contribution is 0.690. The lowest BCUT2D eigenvalue weighted by atomic mass is 10.1. The highest BCUT2D eigenvalue weighted by molar-refractivity contribution is 7.80. The number of hydrogen-bond acceptors (Lipinski definition) is 2. The lowest BCUT2D eigenvalue weighted by Crippen LogP contribution is -2.19. The normalized spacial score (nSPS) is 10.7. The van der Waals surface area contributed by atoms with Gasteiger partial charge in [-0.1, -0.05) is 59.9 Å². The van der Waals surface area contributed by atoms with Crippen LogP contribution in [0.25, 0.3) is 0 Å². The molecule has 1 aromatic heterocycles. The second-order valence-corrected chi connectivity index (χ2v) is 7.55. The van der Waals surface area contributed by atoms with Crippen molar-refractivity contribution in [2.75, 3.05) is 10.6 Å². The Balaban J connectivity index is 1.65. The maximum absolute atomic E-state index is 6.28. The van der Waals surface area contributed by atoms with Gasteiger partial charge in [-0.05, 0) is 54.0 Å². The SMILES string of the molecule is CCc1ccc(NC(=S)Nc2nn(Cc3ccc(Cl)cc3Cl)cc2Cl)cc1. The van der Waals surface area contributed by atoms with E-state index in [0.717, 1.165) is 17.7 Å². The number of nitrogens with zero attached hydrogens (tertiary/aromatic N) is 2. The van der Waals surface area contributed by atoms with Gasteiger partial charge in [0.15, 0.2) is 10.9 Å². The maximum Gasteiger partial charge on any atom is 0.176 e. The molecule has 0 atom stereocenters. The van der Waals surface area contributed by atoms with Crippen LogP contribution in [0.4, 0.5) is 11.5 Å². The number of nitrogens with one attached hydrogen (secondary N) is 2. The Hall–Kier alpha value is -1.79. The van der Waals surface area contributed by atoms with Gasteiger partial charge in [-0.3, -0.25) is 4.68 Å². The van der Waals surface area contributed by atoms with Crippen molar-refractivity contribution in [3.8, 4) is 0 Å². The Kier molecular flexibility index (Phi) is 6.60. The van der Waals surface area contributed by atoms with Crippen molar-refractivity contribution in [1.29, 1.82) is 0 Å². The van der Waals surface area contributed by atoms with Crippen LogP contribution in [0.3, 0.4) is 0 Å². The molecule has 0 amide bonds. The summed E-state index contributed by atoms with van der Waals surface area (Å²) in [6.07, 6.45) is 2.71. The highest BCUT2D eigenvalue weighted by Crippen LogP contribution is 2.24. The van der Waals surface area contributed by atoms with E-state index in [1.165, 1.54) is 5.56 Å². The van der Waals surface area contributed by atoms with Crippen molar-refractivity contribution < 1.29 is 0 Å². The minimum absolute atomic E-state index is 0.413. The van der Waals surface area contributed by atoms with Gasteiger partial charge in [-0.15, -0.1) is 0 Å². The summed E-state index contributed by atoms with van der Waals surface area (Å²) < 4.78 is 1.69. The third-order valence-corrected chi connectivity index (χ3v) is 4.98. The molecular weight excluding hydrogens is 423 g/mol. The van der Waals surface area contributed by atoms with Gasteiger partial charge in [0.1, 0.15) is 5.02 Å². The minimum Gasteiger partial charge on any atom is -0.332 e. The Bertz CT molecular complexity index is 954. The molecule has 0 unspecified atom stereocenters. The van der Waals surface area contributed by atoms with Crippen LogP contribution in [-0.4, -0.2) is 14.9 Å². The van der Waals surface area contributed by atoms with Crippen LogP contribution in [0, 0.1) is 0 Å². The molecule has 8 heteroatoms. The summed E-state index contributed by atoms with van der Waals surface area (Å²) >= 11 is 23.8. The number of hydrogen-bond donors (Lipinski definition) is 2. The summed E-state index contributed by atoms with van der Waals surface area (Å²) in [4.78, 5) is 0. The largest absolute Gasteiger partial charge is 0.332 e. The Morgan fingerprint density at radius 1 is 1.04 bits per heavy atom. The van der Waals surface area contributed by atoms with Gasteiger partial charge in [0.2, 0.25) is 0 Å². The maximum atomic E-state index is 6.28. The molecule has 2 N–H and O–H groups in total. The predicted octanol–water partition coefficient (Wildman–Crippen LogP) is 6.26. The summed E-state index contributed by atoms with van der Waals surface area (Å²) in [6, 6.07) is 13.4. The van der Waals surface area contributed by atoms with E-state index < -0.39 is 0 Å². The van der Waals surface area contributed by atoms with E-state index in [-0.39, 0.29) is 0 Å². The van der Waals surface area contributed by atoms with Crippen LogP contribution in [-0.2, 0) is 13.0 Å². The molecule has 0 spiro atoms. The molecule has 0 saturated carbocycles. The van der Waals surface area contributed by atoms with Gasteiger partial charge >= 0.3 is 0 Å². The lowest BCUT2D eigenvalue weighted by Gasteiger charge is -2.09. The molecule has 3 aromatic rings. The quantitative estimate of drug-likeness (QED) is 0.460. The van der Waals surface area contributed by atoms with E-state index in [1.807, 2.05) is 18.2 Å². The molecule has 140 valence electrons. The number of rotatable bonds is 5. The van der Waals surface area contributed by atoms with E-state index >= 15 is 0 Å². The van der Waals surface area contributed by atoms with E-state index in [2.05, 4.69) is 34.8 Å². The van der Waals surface area contributed by atoms with Crippen molar-refractivity contribution in [3.63, 3.8) is 0 Å². The Morgan fingerprint density at radius 3 is 2.44 bits per heavy atom. The van der Waals surface area contributed by atoms with Gasteiger partial charge < -0.3 is 10.6 Å². The first-order valence-corrected chi connectivity index (χ1v) is 9.82. The fourth-order valence-electron chi connectivity index (χ4n) is 2.48. The summed E-state index contributed by atoms with van der Waals surface area (Å²) in [5.41, 5.74) is 3.05. The minimum atomic E-state index is 0.413. The molecule has 0 fully saturated rings.